The van der Waals surface area contributed by atoms with Crippen LogP contribution < -0.4 is 5.32 Å². The molecule has 1 amide bonds. The first kappa shape index (κ1) is 14.6. The highest BCUT2D eigenvalue weighted by atomic mass is 16.6. The van der Waals surface area contributed by atoms with E-state index in [2.05, 4.69) is 5.32 Å². The summed E-state index contributed by atoms with van der Waals surface area (Å²) in [7, 11) is 0. The average molecular weight is 268 g/mol. The number of carbonyl (C=O) groups is 1. The van der Waals surface area contributed by atoms with Crippen molar-refractivity contribution in [3.8, 4) is 0 Å². The number of likely N-dealkylation sites (tertiary alicyclic amines) is 1. The molecule has 2 fully saturated rings. The van der Waals surface area contributed by atoms with Gasteiger partial charge in [-0.1, -0.05) is 12.8 Å². The Morgan fingerprint density at radius 1 is 1.16 bits per heavy atom. The Morgan fingerprint density at radius 3 is 2.63 bits per heavy atom. The minimum absolute atomic E-state index is 0.144. The number of hydrogen-bond acceptors (Lipinski definition) is 3. The van der Waals surface area contributed by atoms with Crippen molar-refractivity contribution >= 4 is 6.09 Å². The Bertz CT molecular complexity index is 315. The molecule has 19 heavy (non-hydrogen) atoms. The summed E-state index contributed by atoms with van der Waals surface area (Å²) in [6.07, 6.45) is 7.13. The fraction of sp³-hybridized carbons (Fsp3) is 0.933. The molecular formula is C15H28N2O2. The molecule has 2 aliphatic rings. The molecule has 1 spiro atoms. The van der Waals surface area contributed by atoms with Gasteiger partial charge < -0.3 is 15.0 Å². The van der Waals surface area contributed by atoms with Gasteiger partial charge in [0.15, 0.2) is 0 Å². The van der Waals surface area contributed by atoms with E-state index in [9.17, 15) is 4.79 Å². The monoisotopic (exact) mass is 268 g/mol. The molecule has 2 aliphatic heterocycles. The molecule has 0 aliphatic carbocycles. The Labute approximate surface area is 116 Å². The molecule has 1 atom stereocenters. The van der Waals surface area contributed by atoms with E-state index in [1.807, 2.05) is 25.7 Å². The van der Waals surface area contributed by atoms with Crippen LogP contribution in [0.25, 0.3) is 0 Å². The van der Waals surface area contributed by atoms with Crippen molar-refractivity contribution in [3.63, 3.8) is 0 Å². The molecule has 4 heteroatoms. The van der Waals surface area contributed by atoms with Crippen LogP contribution in [-0.4, -0.2) is 41.8 Å². The van der Waals surface area contributed by atoms with Gasteiger partial charge in [0.05, 0.1) is 0 Å². The van der Waals surface area contributed by atoms with Gasteiger partial charge in [-0.15, -0.1) is 0 Å². The number of ether oxygens (including phenoxy) is 1. The van der Waals surface area contributed by atoms with E-state index in [0.717, 1.165) is 26.1 Å². The van der Waals surface area contributed by atoms with Crippen LogP contribution >= 0.6 is 0 Å². The third-order valence-corrected chi connectivity index (χ3v) is 4.06. The fourth-order valence-electron chi connectivity index (χ4n) is 3.17. The quantitative estimate of drug-likeness (QED) is 0.734. The smallest absolute Gasteiger partial charge is 0.410 e. The first-order chi connectivity index (χ1) is 8.90. The third kappa shape index (κ3) is 4.10. The lowest BCUT2D eigenvalue weighted by atomic mass is 9.85. The maximum Gasteiger partial charge on any atom is 0.410 e. The van der Waals surface area contributed by atoms with E-state index in [4.69, 9.17) is 4.74 Å². The molecule has 0 bridgehead atoms. The summed E-state index contributed by atoms with van der Waals surface area (Å²) in [5.41, 5.74) is -0.260. The van der Waals surface area contributed by atoms with Crippen LogP contribution in [0.1, 0.15) is 59.3 Å². The van der Waals surface area contributed by atoms with Crippen LogP contribution in [-0.2, 0) is 4.74 Å². The number of nitrogens with one attached hydrogen (secondary N) is 1. The SMILES string of the molecule is CC(C)(C)OC(=O)N1CCCC2(CCCCCN2)C1. The summed E-state index contributed by atoms with van der Waals surface area (Å²) >= 11 is 0. The van der Waals surface area contributed by atoms with Gasteiger partial charge in [0.2, 0.25) is 0 Å². The number of nitrogens with zero attached hydrogens (tertiary/aromatic N) is 1. The first-order valence-corrected chi connectivity index (χ1v) is 7.63. The summed E-state index contributed by atoms with van der Waals surface area (Å²) < 4.78 is 5.50. The van der Waals surface area contributed by atoms with Crippen molar-refractivity contribution in [1.82, 2.24) is 10.2 Å². The lowest BCUT2D eigenvalue weighted by molar-refractivity contribution is 0.0103. The highest BCUT2D eigenvalue weighted by Crippen LogP contribution is 2.29. The second-order valence-electron chi connectivity index (χ2n) is 7.02. The summed E-state index contributed by atoms with van der Waals surface area (Å²) in [5, 5.41) is 3.70. The summed E-state index contributed by atoms with van der Waals surface area (Å²) in [6, 6.07) is 0. The molecule has 110 valence electrons. The average Bonchev–Trinajstić information content (AvgIpc) is 2.53. The molecular weight excluding hydrogens is 240 g/mol. The van der Waals surface area contributed by atoms with Crippen LogP contribution in [0.4, 0.5) is 4.79 Å². The molecule has 0 aromatic carbocycles. The zero-order valence-corrected chi connectivity index (χ0v) is 12.6. The minimum Gasteiger partial charge on any atom is -0.444 e. The predicted molar refractivity (Wildman–Crippen MR) is 76.2 cm³/mol. The van der Waals surface area contributed by atoms with Crippen molar-refractivity contribution < 1.29 is 9.53 Å². The Balaban J connectivity index is 1.98. The van der Waals surface area contributed by atoms with E-state index in [1.165, 1.54) is 32.1 Å². The maximum atomic E-state index is 12.2. The van der Waals surface area contributed by atoms with Gasteiger partial charge in [0.1, 0.15) is 5.60 Å². The van der Waals surface area contributed by atoms with Crippen molar-refractivity contribution in [2.45, 2.75) is 70.4 Å². The van der Waals surface area contributed by atoms with E-state index in [0.29, 0.717) is 0 Å². The van der Waals surface area contributed by atoms with Gasteiger partial charge in [-0.25, -0.2) is 4.79 Å². The molecule has 2 heterocycles. The molecule has 0 radical (unpaired) electrons. The van der Waals surface area contributed by atoms with Crippen LogP contribution in [0.2, 0.25) is 0 Å². The first-order valence-electron chi connectivity index (χ1n) is 7.63. The Morgan fingerprint density at radius 2 is 1.89 bits per heavy atom. The number of piperidine rings is 1. The summed E-state index contributed by atoms with van der Waals surface area (Å²) in [5.74, 6) is 0. The van der Waals surface area contributed by atoms with E-state index >= 15 is 0 Å². The topological polar surface area (TPSA) is 41.6 Å². The van der Waals surface area contributed by atoms with Crippen LogP contribution in [0.3, 0.4) is 0 Å². The molecule has 2 saturated heterocycles. The van der Waals surface area contributed by atoms with Crippen LogP contribution in [0, 0.1) is 0 Å². The number of amides is 1. The van der Waals surface area contributed by atoms with Crippen molar-refractivity contribution in [1.29, 1.82) is 0 Å². The molecule has 1 unspecified atom stereocenters. The molecule has 0 saturated carbocycles. The molecule has 2 rings (SSSR count). The Hall–Kier alpha value is -0.770. The standard InChI is InChI=1S/C15H28N2O2/c1-14(2,3)19-13(18)17-11-7-9-15(12-17)8-5-4-6-10-16-15/h16H,4-12H2,1-3H3. The minimum atomic E-state index is -0.404. The lowest BCUT2D eigenvalue weighted by Crippen LogP contribution is -2.58. The Kier molecular flexibility index (Phi) is 4.39. The van der Waals surface area contributed by atoms with E-state index in [-0.39, 0.29) is 11.6 Å². The van der Waals surface area contributed by atoms with Gasteiger partial charge in [-0.05, 0) is 53.0 Å². The van der Waals surface area contributed by atoms with Crippen molar-refractivity contribution in [2.24, 2.45) is 0 Å². The third-order valence-electron chi connectivity index (χ3n) is 4.06. The van der Waals surface area contributed by atoms with Crippen LogP contribution in [0.15, 0.2) is 0 Å². The van der Waals surface area contributed by atoms with Gasteiger partial charge in [0.25, 0.3) is 0 Å². The second kappa shape index (κ2) is 5.70. The highest BCUT2D eigenvalue weighted by molar-refractivity contribution is 5.68. The number of carbonyl (C=O) groups excluding carboxylic acids is 1. The van der Waals surface area contributed by atoms with Gasteiger partial charge in [0, 0.05) is 18.6 Å². The summed E-state index contributed by atoms with van der Waals surface area (Å²) in [4.78, 5) is 14.1. The van der Waals surface area contributed by atoms with E-state index in [1.54, 1.807) is 0 Å². The largest absolute Gasteiger partial charge is 0.444 e. The molecule has 0 aromatic heterocycles. The molecule has 4 nitrogen and oxygen atoms in total. The fourth-order valence-corrected chi connectivity index (χ4v) is 3.17. The van der Waals surface area contributed by atoms with Gasteiger partial charge in [-0.2, -0.15) is 0 Å². The summed E-state index contributed by atoms with van der Waals surface area (Å²) in [6.45, 7) is 8.50. The van der Waals surface area contributed by atoms with Crippen molar-refractivity contribution in [3.05, 3.63) is 0 Å². The van der Waals surface area contributed by atoms with Gasteiger partial charge in [-0.3, -0.25) is 0 Å². The number of hydrogen-bond donors (Lipinski definition) is 1. The highest BCUT2D eigenvalue weighted by Gasteiger charge is 2.38. The predicted octanol–water partition coefficient (Wildman–Crippen LogP) is 2.92. The van der Waals surface area contributed by atoms with Crippen molar-refractivity contribution in [2.75, 3.05) is 19.6 Å². The number of rotatable bonds is 0. The molecule has 1 N–H and O–H groups in total. The zero-order valence-electron chi connectivity index (χ0n) is 12.6. The second-order valence-corrected chi connectivity index (χ2v) is 7.02. The van der Waals surface area contributed by atoms with E-state index < -0.39 is 5.60 Å². The maximum absolute atomic E-state index is 12.2. The normalized spacial score (nSPS) is 29.1. The lowest BCUT2D eigenvalue weighted by Gasteiger charge is -2.43. The van der Waals surface area contributed by atoms with Gasteiger partial charge >= 0.3 is 6.09 Å². The zero-order chi connectivity index (χ0) is 13.9. The van der Waals surface area contributed by atoms with Crippen LogP contribution in [0.5, 0.6) is 0 Å². The molecule has 0 aromatic rings.